The van der Waals surface area contributed by atoms with Crippen molar-refractivity contribution < 1.29 is 4.74 Å². The lowest BCUT2D eigenvalue weighted by molar-refractivity contribution is -0.0180. The molecule has 1 N–H and O–H groups in total. The normalized spacial score (nSPS) is 22.5. The minimum absolute atomic E-state index is 0.333. The second kappa shape index (κ2) is 7.63. The average molecular weight is 211 g/mol. The van der Waals surface area contributed by atoms with E-state index in [2.05, 4.69) is 23.3 Å². The minimum atomic E-state index is 0.333. The van der Waals surface area contributed by atoms with Crippen LogP contribution in [0.25, 0.3) is 0 Å². The van der Waals surface area contributed by atoms with Crippen LogP contribution in [0.5, 0.6) is 0 Å². The number of nitrogens with one attached hydrogen (secondary N) is 1. The first kappa shape index (κ1) is 12.4. The van der Waals surface area contributed by atoms with Crippen LogP contribution in [-0.4, -0.2) is 50.8 Å². The number of unbranched alkanes of at least 4 members (excludes halogenated alkanes) is 2. The van der Waals surface area contributed by atoms with Gasteiger partial charge in [-0.1, -0.05) is 0 Å². The van der Waals surface area contributed by atoms with Crippen LogP contribution in [0.4, 0.5) is 0 Å². The molecule has 0 amide bonds. The van der Waals surface area contributed by atoms with Crippen molar-refractivity contribution >= 4 is 0 Å². The average Bonchev–Trinajstić information content (AvgIpc) is 2.23. The Kier molecular flexibility index (Phi) is 6.33. The molecule has 0 saturated carbocycles. The molecule has 4 heteroatoms. The topological polar surface area (TPSA) is 48.3 Å². The highest BCUT2D eigenvalue weighted by Gasteiger charge is 2.16. The standard InChI is InChI=1S/C11H21N3O/c1-14-7-8-15-11(10-14)9-13-6-4-2-3-5-12/h11,13H,2-4,6-10H2,1H3/t11-/m1/s1. The first-order valence-electron chi connectivity index (χ1n) is 5.70. The Bertz CT molecular complexity index is 202. The second-order valence-corrected chi connectivity index (χ2v) is 4.07. The molecule has 0 aromatic carbocycles. The van der Waals surface area contributed by atoms with Gasteiger partial charge >= 0.3 is 0 Å². The number of nitrogens with zero attached hydrogens (tertiary/aromatic N) is 2. The molecular weight excluding hydrogens is 190 g/mol. The van der Waals surface area contributed by atoms with Crippen molar-refractivity contribution in [1.82, 2.24) is 10.2 Å². The Morgan fingerprint density at radius 3 is 3.13 bits per heavy atom. The number of likely N-dealkylation sites (N-methyl/N-ethyl adjacent to an activating group) is 1. The fourth-order valence-electron chi connectivity index (χ4n) is 1.71. The first-order valence-corrected chi connectivity index (χ1v) is 5.70. The molecule has 4 nitrogen and oxygen atoms in total. The van der Waals surface area contributed by atoms with Gasteiger partial charge in [0.2, 0.25) is 0 Å². The fraction of sp³-hybridized carbons (Fsp3) is 0.909. The monoisotopic (exact) mass is 211 g/mol. The van der Waals surface area contributed by atoms with Crippen LogP contribution >= 0.6 is 0 Å². The third-order valence-electron chi connectivity index (χ3n) is 2.61. The van der Waals surface area contributed by atoms with Gasteiger partial charge in [0.1, 0.15) is 0 Å². The summed E-state index contributed by atoms with van der Waals surface area (Å²) in [5.41, 5.74) is 0. The molecule has 0 unspecified atom stereocenters. The van der Waals surface area contributed by atoms with Gasteiger partial charge in [0.15, 0.2) is 0 Å². The molecule has 1 heterocycles. The molecule has 1 aliphatic rings. The van der Waals surface area contributed by atoms with E-state index in [1.165, 1.54) is 0 Å². The van der Waals surface area contributed by atoms with Gasteiger partial charge in [0.25, 0.3) is 0 Å². The van der Waals surface area contributed by atoms with Gasteiger partial charge in [-0.15, -0.1) is 0 Å². The summed E-state index contributed by atoms with van der Waals surface area (Å²) in [6.07, 6.45) is 3.08. The van der Waals surface area contributed by atoms with Crippen LogP contribution < -0.4 is 5.32 Å². The quantitative estimate of drug-likeness (QED) is 0.654. The van der Waals surface area contributed by atoms with Crippen LogP contribution in [0.15, 0.2) is 0 Å². The highest BCUT2D eigenvalue weighted by atomic mass is 16.5. The summed E-state index contributed by atoms with van der Waals surface area (Å²) in [7, 11) is 2.13. The Balaban J connectivity index is 1.93. The molecular formula is C11H21N3O. The predicted molar refractivity (Wildman–Crippen MR) is 59.6 cm³/mol. The molecule has 1 fully saturated rings. The van der Waals surface area contributed by atoms with E-state index in [-0.39, 0.29) is 0 Å². The Morgan fingerprint density at radius 2 is 2.40 bits per heavy atom. The van der Waals surface area contributed by atoms with Crippen LogP contribution in [-0.2, 0) is 4.74 Å². The zero-order valence-electron chi connectivity index (χ0n) is 9.54. The number of morpholine rings is 1. The number of hydrogen-bond acceptors (Lipinski definition) is 4. The van der Waals surface area contributed by atoms with Crippen molar-refractivity contribution in [3.63, 3.8) is 0 Å². The largest absolute Gasteiger partial charge is 0.374 e. The first-order chi connectivity index (χ1) is 7.33. The van der Waals surface area contributed by atoms with E-state index in [0.29, 0.717) is 12.5 Å². The second-order valence-electron chi connectivity index (χ2n) is 4.07. The molecule has 0 aromatic rings. The molecule has 0 aromatic heterocycles. The third-order valence-corrected chi connectivity index (χ3v) is 2.61. The molecule has 86 valence electrons. The SMILES string of the molecule is CN1CCO[C@H](CNCCCCC#N)C1. The number of ether oxygens (including phenoxy) is 1. The minimum Gasteiger partial charge on any atom is -0.374 e. The van der Waals surface area contributed by atoms with Crippen molar-refractivity contribution in [3.8, 4) is 6.07 Å². The summed E-state index contributed by atoms with van der Waals surface area (Å²) in [6, 6.07) is 2.15. The lowest BCUT2D eigenvalue weighted by Gasteiger charge is -2.30. The third kappa shape index (κ3) is 5.73. The Hall–Kier alpha value is -0.630. The maximum atomic E-state index is 8.36. The summed E-state index contributed by atoms with van der Waals surface area (Å²) < 4.78 is 5.62. The number of rotatable bonds is 6. The molecule has 0 radical (unpaired) electrons. The van der Waals surface area contributed by atoms with E-state index in [0.717, 1.165) is 45.6 Å². The molecule has 0 bridgehead atoms. The van der Waals surface area contributed by atoms with Gasteiger partial charge in [-0.2, -0.15) is 5.26 Å². The van der Waals surface area contributed by atoms with Gasteiger partial charge in [0, 0.05) is 26.1 Å². The summed E-state index contributed by atoms with van der Waals surface area (Å²) in [4.78, 5) is 2.30. The smallest absolute Gasteiger partial charge is 0.0826 e. The van der Waals surface area contributed by atoms with E-state index >= 15 is 0 Å². The molecule has 1 rings (SSSR count). The van der Waals surface area contributed by atoms with Crippen molar-refractivity contribution in [3.05, 3.63) is 0 Å². The fourth-order valence-corrected chi connectivity index (χ4v) is 1.71. The molecule has 1 atom stereocenters. The van der Waals surface area contributed by atoms with E-state index in [1.54, 1.807) is 0 Å². The molecule has 1 aliphatic heterocycles. The summed E-state index contributed by atoms with van der Waals surface area (Å²) in [5, 5.41) is 11.7. The van der Waals surface area contributed by atoms with E-state index in [4.69, 9.17) is 10.00 Å². The van der Waals surface area contributed by atoms with Gasteiger partial charge < -0.3 is 15.0 Å². The zero-order valence-corrected chi connectivity index (χ0v) is 9.54. The van der Waals surface area contributed by atoms with Crippen LogP contribution in [0.3, 0.4) is 0 Å². The molecule has 0 spiro atoms. The number of nitriles is 1. The van der Waals surface area contributed by atoms with Gasteiger partial charge in [0.05, 0.1) is 18.8 Å². The van der Waals surface area contributed by atoms with Crippen LogP contribution in [0.1, 0.15) is 19.3 Å². The summed E-state index contributed by atoms with van der Waals surface area (Å²) in [6.45, 7) is 4.82. The predicted octanol–water partition coefficient (Wildman–Crippen LogP) is 0.600. The van der Waals surface area contributed by atoms with Crippen molar-refractivity contribution in [2.45, 2.75) is 25.4 Å². The van der Waals surface area contributed by atoms with E-state index in [1.807, 2.05) is 0 Å². The van der Waals surface area contributed by atoms with Gasteiger partial charge in [-0.3, -0.25) is 0 Å². The Labute approximate surface area is 92.2 Å². The molecule has 1 saturated heterocycles. The molecule has 0 aliphatic carbocycles. The van der Waals surface area contributed by atoms with Crippen molar-refractivity contribution in [2.24, 2.45) is 0 Å². The van der Waals surface area contributed by atoms with Gasteiger partial charge in [-0.25, -0.2) is 0 Å². The maximum absolute atomic E-state index is 8.36. The highest BCUT2D eigenvalue weighted by molar-refractivity contribution is 4.72. The van der Waals surface area contributed by atoms with E-state index < -0.39 is 0 Å². The summed E-state index contributed by atoms with van der Waals surface area (Å²) in [5.74, 6) is 0. The lowest BCUT2D eigenvalue weighted by atomic mass is 10.2. The van der Waals surface area contributed by atoms with Crippen LogP contribution in [0.2, 0.25) is 0 Å². The van der Waals surface area contributed by atoms with Crippen molar-refractivity contribution in [2.75, 3.05) is 39.8 Å². The van der Waals surface area contributed by atoms with E-state index in [9.17, 15) is 0 Å². The highest BCUT2D eigenvalue weighted by Crippen LogP contribution is 2.01. The molecule has 15 heavy (non-hydrogen) atoms. The Morgan fingerprint density at radius 1 is 1.53 bits per heavy atom. The van der Waals surface area contributed by atoms with Crippen LogP contribution in [0, 0.1) is 11.3 Å². The van der Waals surface area contributed by atoms with Gasteiger partial charge in [-0.05, 0) is 26.4 Å². The zero-order chi connectivity index (χ0) is 10.9. The van der Waals surface area contributed by atoms with Crippen molar-refractivity contribution in [1.29, 1.82) is 5.26 Å². The summed E-state index contributed by atoms with van der Waals surface area (Å²) >= 11 is 0. The lowest BCUT2D eigenvalue weighted by Crippen LogP contribution is -2.44. The number of hydrogen-bond donors (Lipinski definition) is 1. The maximum Gasteiger partial charge on any atom is 0.0826 e.